The van der Waals surface area contributed by atoms with Gasteiger partial charge in [-0.3, -0.25) is 10.1 Å². The van der Waals surface area contributed by atoms with Gasteiger partial charge in [0.2, 0.25) is 0 Å². The van der Waals surface area contributed by atoms with Crippen LogP contribution in [-0.4, -0.2) is 30.5 Å². The molecular weight excluding hydrogens is 268 g/mol. The molecule has 1 atom stereocenters. The van der Waals surface area contributed by atoms with Crippen molar-refractivity contribution in [1.82, 2.24) is 9.88 Å². The number of benzene rings is 1. The number of aromatic nitrogens is 1. The van der Waals surface area contributed by atoms with Gasteiger partial charge in [-0.05, 0) is 18.6 Å². The van der Waals surface area contributed by atoms with E-state index in [1.807, 2.05) is 19.1 Å². The molecule has 0 saturated carbocycles. The molecular formula is C16H20N2O3. The highest BCUT2D eigenvalue weighted by atomic mass is 16.5. The van der Waals surface area contributed by atoms with Gasteiger partial charge in [0.15, 0.2) is 0 Å². The number of hydrogen-bond donors (Lipinski definition) is 1. The third-order valence-corrected chi connectivity index (χ3v) is 3.96. The third-order valence-electron chi connectivity index (χ3n) is 3.96. The van der Waals surface area contributed by atoms with Gasteiger partial charge in [0.25, 0.3) is 0 Å². The lowest BCUT2D eigenvalue weighted by Crippen LogP contribution is -2.37. The van der Waals surface area contributed by atoms with Gasteiger partial charge in [-0.15, -0.1) is 0 Å². The molecule has 2 heterocycles. The Hall–Kier alpha value is -1.85. The van der Waals surface area contributed by atoms with Gasteiger partial charge in [-0.25, -0.2) is 0 Å². The first-order chi connectivity index (χ1) is 10.2. The Balaban J connectivity index is 2.06. The van der Waals surface area contributed by atoms with Crippen LogP contribution in [0.4, 0.5) is 0 Å². The minimum Gasteiger partial charge on any atom is -0.465 e. The first-order valence-corrected chi connectivity index (χ1v) is 7.25. The Labute approximate surface area is 123 Å². The van der Waals surface area contributed by atoms with Crippen molar-refractivity contribution in [3.8, 4) is 0 Å². The molecule has 1 N–H and O–H groups in total. The van der Waals surface area contributed by atoms with Crippen LogP contribution >= 0.6 is 0 Å². The van der Waals surface area contributed by atoms with Gasteiger partial charge in [0, 0.05) is 36.7 Å². The van der Waals surface area contributed by atoms with Gasteiger partial charge in [0.1, 0.15) is 12.8 Å². The van der Waals surface area contributed by atoms with Crippen LogP contribution in [0.15, 0.2) is 24.3 Å². The lowest BCUT2D eigenvalue weighted by molar-refractivity contribution is -0.143. The smallest absolute Gasteiger partial charge is 0.325 e. The van der Waals surface area contributed by atoms with Crippen molar-refractivity contribution in [2.75, 3.05) is 13.7 Å². The van der Waals surface area contributed by atoms with E-state index in [1.54, 1.807) is 7.11 Å². The highest BCUT2D eigenvalue weighted by molar-refractivity contribution is 5.87. The minimum absolute atomic E-state index is 0.0113. The van der Waals surface area contributed by atoms with Crippen molar-refractivity contribution < 1.29 is 14.3 Å². The van der Waals surface area contributed by atoms with Crippen LogP contribution in [0.5, 0.6) is 0 Å². The number of nitrogens with one attached hydrogen (secondary N) is 1. The van der Waals surface area contributed by atoms with Crippen molar-refractivity contribution in [2.45, 2.75) is 32.7 Å². The average molecular weight is 288 g/mol. The fourth-order valence-electron chi connectivity index (χ4n) is 3.01. The molecule has 1 aromatic carbocycles. The molecule has 112 valence electrons. The molecule has 0 saturated heterocycles. The van der Waals surface area contributed by atoms with Gasteiger partial charge >= 0.3 is 5.97 Å². The highest BCUT2D eigenvalue weighted by Crippen LogP contribution is 2.29. The van der Waals surface area contributed by atoms with Crippen LogP contribution in [0, 0.1) is 0 Å². The van der Waals surface area contributed by atoms with Gasteiger partial charge in [-0.1, -0.05) is 18.2 Å². The number of nitrogens with zero attached hydrogens (tertiary/aromatic N) is 1. The summed E-state index contributed by atoms with van der Waals surface area (Å²) in [4.78, 5) is 11.9. The average Bonchev–Trinajstić information content (AvgIpc) is 2.81. The number of hydrogen-bond acceptors (Lipinski definition) is 4. The van der Waals surface area contributed by atoms with Crippen molar-refractivity contribution in [3.63, 3.8) is 0 Å². The number of ether oxygens (including phenoxy) is 2. The zero-order valence-electron chi connectivity index (χ0n) is 12.4. The topological polar surface area (TPSA) is 52.5 Å². The van der Waals surface area contributed by atoms with Crippen LogP contribution in [0.25, 0.3) is 10.9 Å². The fraction of sp³-hybridized carbons (Fsp3) is 0.438. The Morgan fingerprint density at radius 2 is 2.24 bits per heavy atom. The lowest BCUT2D eigenvalue weighted by atomic mass is 10.1. The fourth-order valence-corrected chi connectivity index (χ4v) is 3.01. The molecule has 2 aromatic rings. The number of methoxy groups -OCH3 is 1. The quantitative estimate of drug-likeness (QED) is 0.872. The largest absolute Gasteiger partial charge is 0.465 e. The Morgan fingerprint density at radius 3 is 3.00 bits per heavy atom. The molecule has 0 aliphatic carbocycles. The Kier molecular flexibility index (Phi) is 3.94. The summed E-state index contributed by atoms with van der Waals surface area (Å²) >= 11 is 0. The second-order valence-corrected chi connectivity index (χ2v) is 5.14. The molecule has 1 aromatic heterocycles. The summed E-state index contributed by atoms with van der Waals surface area (Å²) < 4.78 is 12.6. The number of esters is 1. The summed E-state index contributed by atoms with van der Waals surface area (Å²) in [6.07, 6.45) is 0.739. The van der Waals surface area contributed by atoms with Crippen LogP contribution < -0.4 is 5.32 Å². The maximum absolute atomic E-state index is 11.9. The van der Waals surface area contributed by atoms with E-state index in [9.17, 15) is 4.79 Å². The van der Waals surface area contributed by atoms with E-state index in [0.29, 0.717) is 6.61 Å². The van der Waals surface area contributed by atoms with Crippen molar-refractivity contribution in [2.24, 2.45) is 0 Å². The van der Waals surface area contributed by atoms with Crippen LogP contribution in [0.3, 0.4) is 0 Å². The predicted octanol–water partition coefficient (Wildman–Crippen LogP) is 1.82. The Bertz CT molecular complexity index is 663. The zero-order valence-corrected chi connectivity index (χ0v) is 12.4. The number of carbonyl (C=O) groups excluding carboxylic acids is 1. The van der Waals surface area contributed by atoms with E-state index in [-0.39, 0.29) is 18.7 Å². The molecule has 1 aliphatic heterocycles. The summed E-state index contributed by atoms with van der Waals surface area (Å²) in [5.41, 5.74) is 3.49. The summed E-state index contributed by atoms with van der Waals surface area (Å²) in [5.74, 6) is -0.200. The van der Waals surface area contributed by atoms with Crippen LogP contribution in [0.1, 0.15) is 18.2 Å². The second kappa shape index (κ2) is 5.87. The zero-order chi connectivity index (χ0) is 14.8. The van der Waals surface area contributed by atoms with Crippen LogP contribution in [0.2, 0.25) is 0 Å². The predicted molar refractivity (Wildman–Crippen MR) is 79.9 cm³/mol. The molecule has 21 heavy (non-hydrogen) atoms. The van der Waals surface area contributed by atoms with E-state index >= 15 is 0 Å². The molecule has 5 heteroatoms. The molecule has 5 nitrogen and oxygen atoms in total. The van der Waals surface area contributed by atoms with Crippen molar-refractivity contribution >= 4 is 16.9 Å². The SMILES string of the molecule is CCOC(=O)Cn1c2c(c3ccccc31)CNC(OC)C2. The second-order valence-electron chi connectivity index (χ2n) is 5.14. The maximum Gasteiger partial charge on any atom is 0.325 e. The summed E-state index contributed by atoms with van der Waals surface area (Å²) in [6, 6.07) is 8.18. The molecule has 0 spiro atoms. The summed E-state index contributed by atoms with van der Waals surface area (Å²) in [6.45, 7) is 3.23. The Morgan fingerprint density at radius 1 is 1.43 bits per heavy atom. The first kappa shape index (κ1) is 14.1. The third kappa shape index (κ3) is 2.54. The number of carbonyl (C=O) groups is 1. The molecule has 1 unspecified atom stereocenters. The van der Waals surface area contributed by atoms with E-state index in [4.69, 9.17) is 9.47 Å². The minimum atomic E-state index is -0.200. The lowest BCUT2D eigenvalue weighted by Gasteiger charge is -2.24. The maximum atomic E-state index is 11.9. The monoisotopic (exact) mass is 288 g/mol. The molecule has 0 bridgehead atoms. The first-order valence-electron chi connectivity index (χ1n) is 7.25. The highest BCUT2D eigenvalue weighted by Gasteiger charge is 2.25. The van der Waals surface area contributed by atoms with Crippen molar-refractivity contribution in [3.05, 3.63) is 35.5 Å². The van der Waals surface area contributed by atoms with Crippen LogP contribution in [-0.2, 0) is 33.8 Å². The van der Waals surface area contributed by atoms with Gasteiger partial charge in [-0.2, -0.15) is 0 Å². The molecule has 0 amide bonds. The van der Waals surface area contributed by atoms with E-state index in [1.165, 1.54) is 10.9 Å². The van der Waals surface area contributed by atoms with Gasteiger partial charge < -0.3 is 14.0 Å². The molecule has 0 fully saturated rings. The van der Waals surface area contributed by atoms with Crippen molar-refractivity contribution in [1.29, 1.82) is 0 Å². The normalized spacial score (nSPS) is 17.7. The standard InChI is InChI=1S/C16H20N2O3/c1-3-21-16(19)10-18-13-7-5-4-6-11(13)12-9-17-15(20-2)8-14(12)18/h4-7,15,17H,3,8-10H2,1-2H3. The molecule has 0 radical (unpaired) electrons. The molecule has 1 aliphatic rings. The summed E-state index contributed by atoms with van der Waals surface area (Å²) in [5, 5.41) is 4.55. The number of fused-ring (bicyclic) bond motifs is 3. The van der Waals surface area contributed by atoms with E-state index in [2.05, 4.69) is 22.0 Å². The van der Waals surface area contributed by atoms with Gasteiger partial charge in [0.05, 0.1) is 6.61 Å². The van der Waals surface area contributed by atoms with E-state index < -0.39 is 0 Å². The summed E-state index contributed by atoms with van der Waals surface area (Å²) in [7, 11) is 1.70. The molecule has 3 rings (SSSR count). The number of rotatable bonds is 4. The van der Waals surface area contributed by atoms with E-state index in [0.717, 1.165) is 24.2 Å². The number of para-hydroxylation sites is 1.